The Kier molecular flexibility index (Phi) is 7.03. The Morgan fingerprint density at radius 1 is 1.17 bits per heavy atom. The third-order valence-electron chi connectivity index (χ3n) is 5.68. The van der Waals surface area contributed by atoms with Crippen LogP contribution in [0.1, 0.15) is 48.1 Å². The van der Waals surface area contributed by atoms with Gasteiger partial charge in [0, 0.05) is 25.2 Å². The van der Waals surface area contributed by atoms with Gasteiger partial charge in [0.1, 0.15) is 6.04 Å². The lowest BCUT2D eigenvalue weighted by atomic mass is 10.1. The van der Waals surface area contributed by atoms with Crippen LogP contribution in [0.2, 0.25) is 5.02 Å². The fraction of sp³-hybridized carbons (Fsp3) is 0.417. The van der Waals surface area contributed by atoms with Crippen LogP contribution in [0.25, 0.3) is 0 Å². The van der Waals surface area contributed by atoms with Crippen LogP contribution in [0.15, 0.2) is 42.5 Å². The molecule has 1 unspecified atom stereocenters. The quantitative estimate of drug-likeness (QED) is 0.741. The number of aryl methyl sites for hydroxylation is 2. The lowest BCUT2D eigenvalue weighted by molar-refractivity contribution is -0.134. The fourth-order valence-electron chi connectivity index (χ4n) is 3.90. The van der Waals surface area contributed by atoms with E-state index in [2.05, 4.69) is 5.32 Å². The number of carbonyl (C=O) groups is 2. The maximum absolute atomic E-state index is 13.1. The molecule has 160 valence electrons. The number of carbonyl (C=O) groups excluding carboxylic acids is 2. The van der Waals surface area contributed by atoms with Gasteiger partial charge in [-0.2, -0.15) is 0 Å². The van der Waals surface area contributed by atoms with Crippen molar-refractivity contribution in [3.05, 3.63) is 69.7 Å². The number of benzene rings is 2. The molecule has 5 nitrogen and oxygen atoms in total. The summed E-state index contributed by atoms with van der Waals surface area (Å²) in [4.78, 5) is 29.4. The number of nitrogens with one attached hydrogen (secondary N) is 1. The van der Waals surface area contributed by atoms with E-state index in [-0.39, 0.29) is 18.0 Å². The molecule has 1 fully saturated rings. The SMILES string of the molecule is Cc1ccc(CN(C)C(=O)[C@H]2CCCN2C(=O)NC(C)c2ccc(C)cc2Cl)cc1. The van der Waals surface area contributed by atoms with Gasteiger partial charge in [-0.3, -0.25) is 4.79 Å². The molecule has 6 heteroatoms. The van der Waals surface area contributed by atoms with Crippen LogP contribution in [0.4, 0.5) is 4.79 Å². The van der Waals surface area contributed by atoms with Crippen molar-refractivity contribution in [3.8, 4) is 0 Å². The molecule has 0 radical (unpaired) electrons. The van der Waals surface area contributed by atoms with Crippen molar-refractivity contribution in [1.82, 2.24) is 15.1 Å². The van der Waals surface area contributed by atoms with Gasteiger partial charge >= 0.3 is 6.03 Å². The highest BCUT2D eigenvalue weighted by Crippen LogP contribution is 2.25. The molecule has 0 spiro atoms. The van der Waals surface area contributed by atoms with Crippen LogP contribution in [-0.2, 0) is 11.3 Å². The summed E-state index contributed by atoms with van der Waals surface area (Å²) in [6, 6.07) is 13.1. The number of halogens is 1. The Hall–Kier alpha value is -2.53. The Morgan fingerprint density at radius 3 is 2.50 bits per heavy atom. The van der Waals surface area contributed by atoms with E-state index >= 15 is 0 Å². The van der Waals surface area contributed by atoms with Crippen molar-refractivity contribution in [2.75, 3.05) is 13.6 Å². The molecule has 0 bridgehead atoms. The first-order valence-electron chi connectivity index (χ1n) is 10.4. The van der Waals surface area contributed by atoms with E-state index in [4.69, 9.17) is 11.6 Å². The van der Waals surface area contributed by atoms with Gasteiger partial charge in [-0.1, -0.05) is 53.6 Å². The second-order valence-electron chi connectivity index (χ2n) is 8.23. The van der Waals surface area contributed by atoms with Crippen molar-refractivity contribution in [3.63, 3.8) is 0 Å². The molecule has 2 atom stereocenters. The maximum atomic E-state index is 13.1. The van der Waals surface area contributed by atoms with E-state index in [1.165, 1.54) is 5.56 Å². The number of nitrogens with zero attached hydrogens (tertiary/aromatic N) is 2. The Bertz CT molecular complexity index is 913. The molecule has 1 N–H and O–H groups in total. The lowest BCUT2D eigenvalue weighted by Crippen LogP contribution is -2.50. The highest BCUT2D eigenvalue weighted by molar-refractivity contribution is 6.31. The van der Waals surface area contributed by atoms with Gasteiger partial charge in [0.15, 0.2) is 0 Å². The van der Waals surface area contributed by atoms with Crippen LogP contribution < -0.4 is 5.32 Å². The van der Waals surface area contributed by atoms with Crippen LogP contribution in [-0.4, -0.2) is 41.4 Å². The van der Waals surface area contributed by atoms with Crippen molar-refractivity contribution >= 4 is 23.5 Å². The molecule has 3 amide bonds. The predicted octanol–water partition coefficient (Wildman–Crippen LogP) is 4.85. The molecule has 30 heavy (non-hydrogen) atoms. The molecule has 1 heterocycles. The minimum absolute atomic E-state index is 0.0238. The number of hydrogen-bond acceptors (Lipinski definition) is 2. The summed E-state index contributed by atoms with van der Waals surface area (Å²) < 4.78 is 0. The third-order valence-corrected chi connectivity index (χ3v) is 6.01. The van der Waals surface area contributed by atoms with Crippen molar-refractivity contribution < 1.29 is 9.59 Å². The molecular formula is C24H30ClN3O2. The monoisotopic (exact) mass is 427 g/mol. The molecule has 0 aliphatic carbocycles. The van der Waals surface area contributed by atoms with Gasteiger partial charge in [-0.05, 0) is 56.4 Å². The summed E-state index contributed by atoms with van der Waals surface area (Å²) in [6.07, 6.45) is 1.51. The number of amides is 3. The van der Waals surface area contributed by atoms with E-state index in [0.29, 0.717) is 24.5 Å². The molecule has 1 aliphatic heterocycles. The minimum atomic E-state index is -0.430. The molecule has 0 saturated carbocycles. The summed E-state index contributed by atoms with van der Waals surface area (Å²) in [5, 5.41) is 3.64. The second kappa shape index (κ2) is 9.52. The standard InChI is InChI=1S/C24H30ClN3O2/c1-16-7-10-19(11-8-16)15-27(4)23(29)22-6-5-13-28(22)24(30)26-18(3)20-12-9-17(2)14-21(20)25/h7-12,14,18,22H,5-6,13,15H2,1-4H3,(H,26,30)/t18?,22-/m1/s1. The van der Waals surface area contributed by atoms with Crippen LogP contribution in [0.5, 0.6) is 0 Å². The average molecular weight is 428 g/mol. The zero-order valence-corrected chi connectivity index (χ0v) is 18.9. The van der Waals surface area contributed by atoms with Gasteiger partial charge in [0.2, 0.25) is 5.91 Å². The second-order valence-corrected chi connectivity index (χ2v) is 8.63. The zero-order chi connectivity index (χ0) is 21.8. The fourth-order valence-corrected chi connectivity index (χ4v) is 4.29. The van der Waals surface area contributed by atoms with Gasteiger partial charge in [0.05, 0.1) is 6.04 Å². The number of likely N-dealkylation sites (tertiary alicyclic amines) is 1. The van der Waals surface area contributed by atoms with Gasteiger partial charge in [-0.25, -0.2) is 4.79 Å². The number of likely N-dealkylation sites (N-methyl/N-ethyl adjacent to an activating group) is 1. The van der Waals surface area contributed by atoms with E-state index in [1.54, 1.807) is 16.8 Å². The molecule has 2 aromatic carbocycles. The van der Waals surface area contributed by atoms with E-state index in [1.807, 2.05) is 63.2 Å². The third kappa shape index (κ3) is 5.14. The minimum Gasteiger partial charge on any atom is -0.340 e. The number of hydrogen-bond donors (Lipinski definition) is 1. The summed E-state index contributed by atoms with van der Waals surface area (Å²) in [7, 11) is 1.80. The van der Waals surface area contributed by atoms with Crippen molar-refractivity contribution in [2.45, 2.75) is 52.2 Å². The summed E-state index contributed by atoms with van der Waals surface area (Å²) in [6.45, 7) is 7.03. The zero-order valence-electron chi connectivity index (χ0n) is 18.1. The van der Waals surface area contributed by atoms with Crippen LogP contribution >= 0.6 is 11.6 Å². The van der Waals surface area contributed by atoms with Crippen molar-refractivity contribution in [1.29, 1.82) is 0 Å². The van der Waals surface area contributed by atoms with Crippen LogP contribution in [0, 0.1) is 13.8 Å². The number of urea groups is 1. The number of rotatable bonds is 5. The maximum Gasteiger partial charge on any atom is 0.318 e. The molecule has 0 aromatic heterocycles. The van der Waals surface area contributed by atoms with Gasteiger partial charge in [-0.15, -0.1) is 0 Å². The Labute approximate surface area is 184 Å². The Morgan fingerprint density at radius 2 is 1.83 bits per heavy atom. The summed E-state index contributed by atoms with van der Waals surface area (Å²) in [5.41, 5.74) is 4.21. The smallest absolute Gasteiger partial charge is 0.318 e. The lowest BCUT2D eigenvalue weighted by Gasteiger charge is -2.29. The van der Waals surface area contributed by atoms with Crippen molar-refractivity contribution in [2.24, 2.45) is 0 Å². The first kappa shape index (κ1) is 22.2. The largest absolute Gasteiger partial charge is 0.340 e. The average Bonchev–Trinajstić information content (AvgIpc) is 3.19. The predicted molar refractivity (Wildman–Crippen MR) is 121 cm³/mol. The molecule has 3 rings (SSSR count). The summed E-state index contributed by atoms with van der Waals surface area (Å²) >= 11 is 6.35. The summed E-state index contributed by atoms with van der Waals surface area (Å²) in [5.74, 6) is -0.0238. The van der Waals surface area contributed by atoms with Gasteiger partial charge < -0.3 is 15.1 Å². The normalized spacial score (nSPS) is 17.0. The first-order chi connectivity index (χ1) is 14.3. The molecular weight excluding hydrogens is 398 g/mol. The highest BCUT2D eigenvalue weighted by atomic mass is 35.5. The van der Waals surface area contributed by atoms with E-state index in [0.717, 1.165) is 23.1 Å². The first-order valence-corrected chi connectivity index (χ1v) is 10.8. The van der Waals surface area contributed by atoms with Crippen LogP contribution in [0.3, 0.4) is 0 Å². The van der Waals surface area contributed by atoms with E-state index in [9.17, 15) is 9.59 Å². The van der Waals surface area contributed by atoms with E-state index < -0.39 is 6.04 Å². The molecule has 2 aromatic rings. The topological polar surface area (TPSA) is 52.7 Å². The Balaban J connectivity index is 1.64. The highest BCUT2D eigenvalue weighted by Gasteiger charge is 2.36. The molecule has 1 saturated heterocycles. The van der Waals surface area contributed by atoms with Gasteiger partial charge in [0.25, 0.3) is 0 Å². The molecule has 1 aliphatic rings.